The Kier molecular flexibility index (Phi) is 5.17. The molecular formula is C10H15ClN2O3S. The van der Waals surface area contributed by atoms with E-state index in [1.165, 1.54) is 0 Å². The van der Waals surface area contributed by atoms with Crippen molar-refractivity contribution in [2.24, 2.45) is 0 Å². The lowest BCUT2D eigenvalue weighted by Gasteiger charge is -2.06. The maximum Gasteiger partial charge on any atom is 0.266 e. The van der Waals surface area contributed by atoms with Crippen molar-refractivity contribution in [3.05, 3.63) is 27.6 Å². The lowest BCUT2D eigenvalue weighted by atomic mass is 10.3. The molecule has 0 aliphatic rings. The maximum atomic E-state index is 11.8. The maximum absolute atomic E-state index is 11.8. The Bertz CT molecular complexity index is 525. The number of sulfonamides is 1. The van der Waals surface area contributed by atoms with E-state index in [0.29, 0.717) is 6.54 Å². The van der Waals surface area contributed by atoms with Crippen LogP contribution in [0.25, 0.3) is 0 Å². The summed E-state index contributed by atoms with van der Waals surface area (Å²) < 4.78 is 26.0. The molecule has 0 unspecified atom stereocenters. The van der Waals surface area contributed by atoms with E-state index in [9.17, 15) is 13.2 Å². The Morgan fingerprint density at radius 1 is 1.41 bits per heavy atom. The average Bonchev–Trinajstić information content (AvgIpc) is 2.28. The summed E-state index contributed by atoms with van der Waals surface area (Å²) in [6.07, 6.45) is 3.91. The summed E-state index contributed by atoms with van der Waals surface area (Å²) in [5.41, 5.74) is -0.503. The second-order valence-electron chi connectivity index (χ2n) is 3.62. The van der Waals surface area contributed by atoms with Gasteiger partial charge < -0.3 is 4.98 Å². The smallest absolute Gasteiger partial charge is 0.266 e. The first kappa shape index (κ1) is 14.2. The molecule has 1 aromatic heterocycles. The van der Waals surface area contributed by atoms with E-state index in [1.807, 2.05) is 6.92 Å². The van der Waals surface area contributed by atoms with Crippen LogP contribution in [-0.2, 0) is 10.0 Å². The lowest BCUT2D eigenvalue weighted by molar-refractivity contribution is 0.575. The van der Waals surface area contributed by atoms with Crippen LogP contribution in [0, 0.1) is 0 Å². The molecular weight excluding hydrogens is 264 g/mol. The SMILES string of the molecule is CCCCCNS(=O)(=O)c1c[nH]c(=O)c(Cl)c1. The highest BCUT2D eigenvalue weighted by Gasteiger charge is 2.14. The Labute approximate surface area is 105 Å². The second-order valence-corrected chi connectivity index (χ2v) is 5.79. The number of rotatable bonds is 6. The minimum Gasteiger partial charge on any atom is -0.326 e. The van der Waals surface area contributed by atoms with E-state index in [0.717, 1.165) is 31.5 Å². The zero-order valence-corrected chi connectivity index (χ0v) is 11.1. The predicted octanol–water partition coefficient (Wildman–Crippen LogP) is 1.50. The van der Waals surface area contributed by atoms with Gasteiger partial charge in [0, 0.05) is 12.7 Å². The summed E-state index contributed by atoms with van der Waals surface area (Å²) in [6.45, 7) is 2.42. The molecule has 0 saturated heterocycles. The van der Waals surface area contributed by atoms with Crippen LogP contribution in [0.1, 0.15) is 26.2 Å². The zero-order chi connectivity index (χ0) is 12.9. The molecule has 1 aromatic rings. The molecule has 0 atom stereocenters. The van der Waals surface area contributed by atoms with Gasteiger partial charge in [0.05, 0.1) is 4.90 Å². The van der Waals surface area contributed by atoms with Crippen LogP contribution in [-0.4, -0.2) is 19.9 Å². The van der Waals surface area contributed by atoms with Crippen molar-refractivity contribution in [1.29, 1.82) is 0 Å². The van der Waals surface area contributed by atoms with Crippen LogP contribution < -0.4 is 10.3 Å². The molecule has 17 heavy (non-hydrogen) atoms. The van der Waals surface area contributed by atoms with Gasteiger partial charge >= 0.3 is 0 Å². The minimum atomic E-state index is -3.58. The first-order chi connectivity index (χ1) is 7.97. The minimum absolute atomic E-state index is 0.0291. The topological polar surface area (TPSA) is 79.0 Å². The van der Waals surface area contributed by atoms with Crippen molar-refractivity contribution in [3.63, 3.8) is 0 Å². The molecule has 7 heteroatoms. The Hall–Kier alpha value is -0.850. The fraction of sp³-hybridized carbons (Fsp3) is 0.500. The van der Waals surface area contributed by atoms with Crippen LogP contribution in [0.3, 0.4) is 0 Å². The fourth-order valence-corrected chi connectivity index (χ4v) is 2.56. The molecule has 1 rings (SSSR count). The first-order valence-electron chi connectivity index (χ1n) is 5.35. The Balaban J connectivity index is 2.76. The molecule has 0 fully saturated rings. The van der Waals surface area contributed by atoms with E-state index < -0.39 is 15.6 Å². The van der Waals surface area contributed by atoms with Gasteiger partial charge in [0.15, 0.2) is 0 Å². The van der Waals surface area contributed by atoms with Gasteiger partial charge in [-0.1, -0.05) is 31.4 Å². The molecule has 5 nitrogen and oxygen atoms in total. The lowest BCUT2D eigenvalue weighted by Crippen LogP contribution is -2.25. The van der Waals surface area contributed by atoms with Crippen LogP contribution in [0.4, 0.5) is 0 Å². The summed E-state index contributed by atoms with van der Waals surface area (Å²) in [5.74, 6) is 0. The van der Waals surface area contributed by atoms with Gasteiger partial charge in [0.25, 0.3) is 5.56 Å². The molecule has 2 N–H and O–H groups in total. The number of halogens is 1. The van der Waals surface area contributed by atoms with Crippen molar-refractivity contribution in [2.45, 2.75) is 31.1 Å². The summed E-state index contributed by atoms with van der Waals surface area (Å²) in [5, 5.41) is -0.138. The van der Waals surface area contributed by atoms with Gasteiger partial charge in [-0.05, 0) is 12.5 Å². The van der Waals surface area contributed by atoms with Gasteiger partial charge in [0.2, 0.25) is 10.0 Å². The standard InChI is InChI=1S/C10H15ClN2O3S/c1-2-3-4-5-13-17(15,16)8-6-9(11)10(14)12-7-8/h6-7,13H,2-5H2,1H3,(H,12,14). The molecule has 0 aromatic carbocycles. The Morgan fingerprint density at radius 3 is 2.71 bits per heavy atom. The van der Waals surface area contributed by atoms with Gasteiger partial charge in [-0.25, -0.2) is 13.1 Å². The third-order valence-electron chi connectivity index (χ3n) is 2.21. The van der Waals surface area contributed by atoms with Crippen molar-refractivity contribution in [3.8, 4) is 0 Å². The monoisotopic (exact) mass is 278 g/mol. The van der Waals surface area contributed by atoms with Crippen molar-refractivity contribution >= 4 is 21.6 Å². The van der Waals surface area contributed by atoms with Crippen LogP contribution in [0.15, 0.2) is 22.0 Å². The number of pyridine rings is 1. The number of nitrogens with one attached hydrogen (secondary N) is 2. The molecule has 1 heterocycles. The number of aromatic nitrogens is 1. The van der Waals surface area contributed by atoms with E-state index in [2.05, 4.69) is 9.71 Å². The highest BCUT2D eigenvalue weighted by Crippen LogP contribution is 2.10. The second kappa shape index (κ2) is 6.18. The molecule has 0 aliphatic carbocycles. The van der Waals surface area contributed by atoms with Crippen LogP contribution in [0.5, 0.6) is 0 Å². The number of aromatic amines is 1. The van der Waals surface area contributed by atoms with Gasteiger partial charge in [-0.3, -0.25) is 4.79 Å². The normalized spacial score (nSPS) is 11.6. The molecule has 0 saturated carbocycles. The average molecular weight is 279 g/mol. The summed E-state index contributed by atoms with van der Waals surface area (Å²) in [4.78, 5) is 13.2. The predicted molar refractivity (Wildman–Crippen MR) is 66.8 cm³/mol. The van der Waals surface area contributed by atoms with E-state index in [4.69, 9.17) is 11.6 Å². The summed E-state index contributed by atoms with van der Waals surface area (Å²) in [6, 6.07) is 1.14. The molecule has 0 spiro atoms. The Morgan fingerprint density at radius 2 is 2.12 bits per heavy atom. The molecule has 0 amide bonds. The van der Waals surface area contributed by atoms with Gasteiger partial charge in [0.1, 0.15) is 5.02 Å². The molecule has 0 radical (unpaired) electrons. The first-order valence-corrected chi connectivity index (χ1v) is 7.21. The van der Waals surface area contributed by atoms with Gasteiger partial charge in [-0.15, -0.1) is 0 Å². The van der Waals surface area contributed by atoms with E-state index in [1.54, 1.807) is 0 Å². The van der Waals surface area contributed by atoms with Crippen LogP contribution >= 0.6 is 11.6 Å². The number of hydrogen-bond donors (Lipinski definition) is 2. The molecule has 96 valence electrons. The van der Waals surface area contributed by atoms with Crippen molar-refractivity contribution in [2.75, 3.05) is 6.54 Å². The third-order valence-corrected chi connectivity index (χ3v) is 3.94. The summed E-state index contributed by atoms with van der Waals surface area (Å²) in [7, 11) is -3.58. The highest BCUT2D eigenvalue weighted by atomic mass is 35.5. The van der Waals surface area contributed by atoms with Crippen molar-refractivity contribution < 1.29 is 8.42 Å². The number of hydrogen-bond acceptors (Lipinski definition) is 3. The molecule has 0 bridgehead atoms. The largest absolute Gasteiger partial charge is 0.326 e. The zero-order valence-electron chi connectivity index (χ0n) is 9.49. The van der Waals surface area contributed by atoms with Gasteiger partial charge in [-0.2, -0.15) is 0 Å². The number of unbranched alkanes of at least 4 members (excludes halogenated alkanes) is 2. The van der Waals surface area contributed by atoms with Crippen molar-refractivity contribution in [1.82, 2.24) is 9.71 Å². The van der Waals surface area contributed by atoms with E-state index in [-0.39, 0.29) is 9.92 Å². The third kappa shape index (κ3) is 4.14. The van der Waals surface area contributed by atoms with E-state index >= 15 is 0 Å². The summed E-state index contributed by atoms with van der Waals surface area (Å²) >= 11 is 5.57. The molecule has 0 aliphatic heterocycles. The van der Waals surface area contributed by atoms with Crippen LogP contribution in [0.2, 0.25) is 5.02 Å². The fourth-order valence-electron chi connectivity index (χ4n) is 1.26. The highest BCUT2D eigenvalue weighted by molar-refractivity contribution is 7.89. The number of H-pyrrole nitrogens is 1. The quantitative estimate of drug-likeness (QED) is 0.774.